The predicted octanol–water partition coefficient (Wildman–Crippen LogP) is 3.18. The minimum absolute atomic E-state index is 0.379. The van der Waals surface area contributed by atoms with E-state index < -0.39 is 9.84 Å². The number of thioether (sulfide) groups is 1. The van der Waals surface area contributed by atoms with Gasteiger partial charge in [0.25, 0.3) is 0 Å². The van der Waals surface area contributed by atoms with Crippen LogP contribution in [0.15, 0.2) is 29.2 Å². The van der Waals surface area contributed by atoms with Gasteiger partial charge in [0.2, 0.25) is 0 Å². The Kier molecular flexibility index (Phi) is 4.79. The smallest absolute Gasteiger partial charge is 0.175 e. The van der Waals surface area contributed by atoms with Crippen molar-refractivity contribution in [3.05, 3.63) is 24.3 Å². The first-order valence-corrected chi connectivity index (χ1v) is 9.76. The zero-order valence-electron chi connectivity index (χ0n) is 11.4. The molecule has 1 aromatic carbocycles. The van der Waals surface area contributed by atoms with E-state index >= 15 is 0 Å². The third kappa shape index (κ3) is 4.14. The van der Waals surface area contributed by atoms with E-state index in [1.165, 1.54) is 31.9 Å². The third-order valence-corrected chi connectivity index (χ3v) is 5.93. The molecule has 0 amide bonds. The quantitative estimate of drug-likeness (QED) is 0.927. The molecule has 19 heavy (non-hydrogen) atoms. The lowest BCUT2D eigenvalue weighted by molar-refractivity contribution is 0.473. The summed E-state index contributed by atoms with van der Waals surface area (Å²) in [4.78, 5) is 0.379. The van der Waals surface area contributed by atoms with Crippen LogP contribution in [0.25, 0.3) is 0 Å². The summed E-state index contributed by atoms with van der Waals surface area (Å²) in [5, 5.41) is 4.31. The molecule has 106 valence electrons. The maximum absolute atomic E-state index is 11.4. The van der Waals surface area contributed by atoms with Gasteiger partial charge in [0.1, 0.15) is 0 Å². The monoisotopic (exact) mass is 299 g/mol. The second-order valence-corrected chi connectivity index (χ2v) is 8.30. The zero-order valence-corrected chi connectivity index (χ0v) is 13.1. The number of sulfone groups is 1. The Hall–Kier alpha value is -0.680. The van der Waals surface area contributed by atoms with E-state index in [1.807, 2.05) is 23.9 Å². The summed E-state index contributed by atoms with van der Waals surface area (Å²) in [6.07, 6.45) is 8.33. The van der Waals surface area contributed by atoms with Crippen molar-refractivity contribution in [3.63, 3.8) is 0 Å². The molecule has 1 aliphatic rings. The lowest BCUT2D eigenvalue weighted by Gasteiger charge is -2.28. The Morgan fingerprint density at radius 2 is 1.68 bits per heavy atom. The molecule has 1 fully saturated rings. The van der Waals surface area contributed by atoms with Crippen LogP contribution in [0.1, 0.15) is 25.7 Å². The molecule has 0 atom stereocenters. The normalized spacial score (nSPS) is 24.1. The van der Waals surface area contributed by atoms with E-state index in [0.29, 0.717) is 10.9 Å². The fourth-order valence-corrected chi connectivity index (χ4v) is 3.85. The van der Waals surface area contributed by atoms with Gasteiger partial charge in [0.15, 0.2) is 9.84 Å². The van der Waals surface area contributed by atoms with E-state index in [2.05, 4.69) is 11.6 Å². The van der Waals surface area contributed by atoms with Crippen molar-refractivity contribution in [2.45, 2.75) is 41.9 Å². The van der Waals surface area contributed by atoms with Gasteiger partial charge < -0.3 is 5.32 Å². The van der Waals surface area contributed by atoms with Crippen molar-refractivity contribution >= 4 is 27.3 Å². The number of hydrogen-bond donors (Lipinski definition) is 1. The van der Waals surface area contributed by atoms with E-state index in [0.717, 1.165) is 10.9 Å². The highest BCUT2D eigenvalue weighted by atomic mass is 32.2. The van der Waals surface area contributed by atoms with E-state index in [4.69, 9.17) is 0 Å². The molecule has 0 spiro atoms. The Morgan fingerprint density at radius 1 is 1.11 bits per heavy atom. The van der Waals surface area contributed by atoms with Gasteiger partial charge in [-0.15, -0.1) is 0 Å². The molecule has 1 N–H and O–H groups in total. The maximum Gasteiger partial charge on any atom is 0.175 e. The molecular formula is C14H21NO2S2. The summed E-state index contributed by atoms with van der Waals surface area (Å²) in [5.41, 5.74) is 1.01. The van der Waals surface area contributed by atoms with Gasteiger partial charge in [-0.3, -0.25) is 0 Å². The summed E-state index contributed by atoms with van der Waals surface area (Å²) in [5.74, 6) is 0. The van der Waals surface area contributed by atoms with Crippen molar-refractivity contribution < 1.29 is 8.42 Å². The van der Waals surface area contributed by atoms with Gasteiger partial charge in [-0.25, -0.2) is 8.42 Å². The second-order valence-electron chi connectivity index (χ2n) is 5.15. The number of benzene rings is 1. The van der Waals surface area contributed by atoms with Crippen molar-refractivity contribution in [2.75, 3.05) is 17.8 Å². The molecular weight excluding hydrogens is 278 g/mol. The highest BCUT2D eigenvalue weighted by Crippen LogP contribution is 2.28. The Labute approximate surface area is 120 Å². The van der Waals surface area contributed by atoms with Crippen LogP contribution < -0.4 is 5.32 Å². The minimum Gasteiger partial charge on any atom is -0.382 e. The number of nitrogens with one attached hydrogen (secondary N) is 1. The van der Waals surface area contributed by atoms with Crippen LogP contribution in [-0.4, -0.2) is 32.2 Å². The summed E-state index contributed by atoms with van der Waals surface area (Å²) in [6, 6.07) is 7.58. The number of hydrogen-bond acceptors (Lipinski definition) is 4. The average Bonchev–Trinajstić information content (AvgIpc) is 2.39. The van der Waals surface area contributed by atoms with Crippen LogP contribution >= 0.6 is 11.8 Å². The SMILES string of the molecule is CSC1CCC(Nc2ccc(S(C)(=O)=O)cc2)CC1. The molecule has 0 heterocycles. The molecule has 0 saturated heterocycles. The van der Waals surface area contributed by atoms with Crippen LogP contribution in [0.5, 0.6) is 0 Å². The van der Waals surface area contributed by atoms with Crippen LogP contribution in [0.3, 0.4) is 0 Å². The molecule has 5 heteroatoms. The molecule has 2 rings (SSSR count). The highest BCUT2D eigenvalue weighted by molar-refractivity contribution is 7.99. The fourth-order valence-electron chi connectivity index (χ4n) is 2.48. The van der Waals surface area contributed by atoms with Crippen molar-refractivity contribution in [1.29, 1.82) is 0 Å². The average molecular weight is 299 g/mol. The first-order valence-electron chi connectivity index (χ1n) is 6.58. The van der Waals surface area contributed by atoms with Gasteiger partial charge in [0.05, 0.1) is 4.90 Å². The third-order valence-electron chi connectivity index (χ3n) is 3.66. The van der Waals surface area contributed by atoms with Gasteiger partial charge in [-0.1, -0.05) is 0 Å². The first-order chi connectivity index (χ1) is 8.99. The Morgan fingerprint density at radius 3 is 2.16 bits per heavy atom. The summed E-state index contributed by atoms with van der Waals surface area (Å²) in [7, 11) is -3.09. The van der Waals surface area contributed by atoms with Crippen LogP contribution in [0.4, 0.5) is 5.69 Å². The predicted molar refractivity (Wildman–Crippen MR) is 82.7 cm³/mol. The van der Waals surface area contributed by atoms with Crippen molar-refractivity contribution in [2.24, 2.45) is 0 Å². The topological polar surface area (TPSA) is 46.2 Å². The van der Waals surface area contributed by atoms with Gasteiger partial charge >= 0.3 is 0 Å². The zero-order chi connectivity index (χ0) is 13.9. The molecule has 0 unspecified atom stereocenters. The first kappa shape index (κ1) is 14.7. The van der Waals surface area contributed by atoms with Crippen molar-refractivity contribution in [3.8, 4) is 0 Å². The maximum atomic E-state index is 11.4. The number of anilines is 1. The summed E-state index contributed by atoms with van der Waals surface area (Å²) < 4.78 is 22.8. The fraction of sp³-hybridized carbons (Fsp3) is 0.571. The van der Waals surface area contributed by atoms with Crippen LogP contribution in [0.2, 0.25) is 0 Å². The minimum atomic E-state index is -3.09. The Bertz CT molecular complexity index is 503. The van der Waals surface area contributed by atoms with Gasteiger partial charge in [-0.05, 0) is 56.2 Å². The second kappa shape index (κ2) is 6.18. The van der Waals surface area contributed by atoms with E-state index in [1.54, 1.807) is 12.1 Å². The lowest BCUT2D eigenvalue weighted by Crippen LogP contribution is -2.26. The standard InChI is InChI=1S/C14H21NO2S2/c1-18-13-7-3-11(4-8-13)15-12-5-9-14(10-6-12)19(2,16)17/h5-6,9-11,13,15H,3-4,7-8H2,1-2H3. The molecule has 1 saturated carbocycles. The molecule has 0 aromatic heterocycles. The Balaban J connectivity index is 1.94. The molecule has 3 nitrogen and oxygen atoms in total. The van der Waals surface area contributed by atoms with E-state index in [9.17, 15) is 8.42 Å². The molecule has 1 aliphatic carbocycles. The van der Waals surface area contributed by atoms with E-state index in [-0.39, 0.29) is 0 Å². The van der Waals surface area contributed by atoms with Gasteiger partial charge in [0, 0.05) is 23.2 Å². The lowest BCUT2D eigenvalue weighted by atomic mass is 9.95. The highest BCUT2D eigenvalue weighted by Gasteiger charge is 2.20. The molecule has 0 bridgehead atoms. The summed E-state index contributed by atoms with van der Waals surface area (Å²) >= 11 is 1.96. The molecule has 0 radical (unpaired) electrons. The van der Waals surface area contributed by atoms with Gasteiger partial charge in [-0.2, -0.15) is 11.8 Å². The molecule has 0 aliphatic heterocycles. The largest absolute Gasteiger partial charge is 0.382 e. The summed E-state index contributed by atoms with van der Waals surface area (Å²) in [6.45, 7) is 0. The van der Waals surface area contributed by atoms with Crippen LogP contribution in [-0.2, 0) is 9.84 Å². The number of rotatable bonds is 4. The van der Waals surface area contributed by atoms with Crippen LogP contribution in [0, 0.1) is 0 Å². The van der Waals surface area contributed by atoms with Crippen molar-refractivity contribution in [1.82, 2.24) is 0 Å². The molecule has 1 aromatic rings.